The fourth-order valence-electron chi connectivity index (χ4n) is 2.47. The van der Waals surface area contributed by atoms with Gasteiger partial charge in [-0.05, 0) is 26.8 Å². The Morgan fingerprint density at radius 3 is 2.67 bits per heavy atom. The molecule has 0 aliphatic heterocycles. The number of hydrogen-bond acceptors (Lipinski definition) is 4. The molecule has 2 N–H and O–H groups in total. The van der Waals surface area contributed by atoms with Gasteiger partial charge in [0.25, 0.3) is 0 Å². The molecule has 0 saturated carbocycles. The van der Waals surface area contributed by atoms with Crippen LogP contribution in [0.1, 0.15) is 29.4 Å². The molecule has 130 valence electrons. The molecule has 0 saturated heterocycles. The van der Waals surface area contributed by atoms with Gasteiger partial charge in [0, 0.05) is 50.2 Å². The molecule has 7 nitrogen and oxygen atoms in total. The molecule has 24 heavy (non-hydrogen) atoms. The Morgan fingerprint density at radius 1 is 1.29 bits per heavy atom. The largest absolute Gasteiger partial charge is 0.478 e. The standard InChI is InChI=1S/C17H26N6O/c1-6-24-16-14(8-7-9-19-16)10-20-17(18-4)21-11-15-12(2)22-23(5)13(15)3/h7-9H,6,10-11H2,1-5H3,(H2,18,20,21). The molecule has 0 amide bonds. The average Bonchev–Trinajstić information content (AvgIpc) is 2.82. The molecule has 0 atom stereocenters. The van der Waals surface area contributed by atoms with Gasteiger partial charge in [0.15, 0.2) is 5.96 Å². The first-order chi connectivity index (χ1) is 11.6. The Balaban J connectivity index is 1.96. The zero-order valence-electron chi connectivity index (χ0n) is 15.1. The lowest BCUT2D eigenvalue weighted by Crippen LogP contribution is -2.36. The van der Waals surface area contributed by atoms with Crippen molar-refractivity contribution in [2.45, 2.75) is 33.9 Å². The predicted octanol–water partition coefficient (Wildman–Crippen LogP) is 1.70. The fraction of sp³-hybridized carbons (Fsp3) is 0.471. The summed E-state index contributed by atoms with van der Waals surface area (Å²) in [4.78, 5) is 8.52. The maximum Gasteiger partial charge on any atom is 0.218 e. The number of rotatable bonds is 6. The maximum atomic E-state index is 5.54. The molecule has 2 rings (SSSR count). The van der Waals surface area contributed by atoms with E-state index in [9.17, 15) is 0 Å². The van der Waals surface area contributed by atoms with E-state index in [1.54, 1.807) is 13.2 Å². The van der Waals surface area contributed by atoms with Crippen LogP contribution in [0.3, 0.4) is 0 Å². The summed E-state index contributed by atoms with van der Waals surface area (Å²) in [6.45, 7) is 7.90. The summed E-state index contributed by atoms with van der Waals surface area (Å²) in [7, 11) is 3.71. The van der Waals surface area contributed by atoms with Crippen LogP contribution in [-0.4, -0.2) is 34.4 Å². The first-order valence-corrected chi connectivity index (χ1v) is 8.07. The average molecular weight is 330 g/mol. The molecular formula is C17H26N6O. The molecule has 7 heteroatoms. The van der Waals surface area contributed by atoms with Gasteiger partial charge in [0.1, 0.15) is 0 Å². The molecule has 0 fully saturated rings. The quantitative estimate of drug-likeness (QED) is 0.623. The van der Waals surface area contributed by atoms with Crippen LogP contribution in [0, 0.1) is 13.8 Å². The fourth-order valence-corrected chi connectivity index (χ4v) is 2.47. The van der Waals surface area contributed by atoms with E-state index >= 15 is 0 Å². The van der Waals surface area contributed by atoms with Crippen molar-refractivity contribution in [1.29, 1.82) is 0 Å². The second-order valence-electron chi connectivity index (χ2n) is 5.45. The lowest BCUT2D eigenvalue weighted by molar-refractivity contribution is 0.322. The van der Waals surface area contributed by atoms with Crippen LogP contribution in [0.5, 0.6) is 5.88 Å². The van der Waals surface area contributed by atoms with E-state index in [2.05, 4.69) is 32.6 Å². The third-order valence-electron chi connectivity index (χ3n) is 3.89. The van der Waals surface area contributed by atoms with Crippen molar-refractivity contribution in [2.24, 2.45) is 12.0 Å². The number of aryl methyl sites for hydroxylation is 2. The Bertz CT molecular complexity index is 707. The molecule has 0 aliphatic carbocycles. The Labute approximate surface area is 143 Å². The number of guanidine groups is 1. The van der Waals surface area contributed by atoms with Crippen molar-refractivity contribution in [3.63, 3.8) is 0 Å². The third-order valence-corrected chi connectivity index (χ3v) is 3.89. The Morgan fingerprint density at radius 2 is 2.04 bits per heavy atom. The van der Waals surface area contributed by atoms with Gasteiger partial charge in [-0.3, -0.25) is 9.67 Å². The normalized spacial score (nSPS) is 11.5. The molecular weight excluding hydrogens is 304 g/mol. The second kappa shape index (κ2) is 8.33. The molecule has 0 aliphatic rings. The first kappa shape index (κ1) is 17.8. The van der Waals surface area contributed by atoms with Gasteiger partial charge in [-0.15, -0.1) is 0 Å². The van der Waals surface area contributed by atoms with Gasteiger partial charge >= 0.3 is 0 Å². The van der Waals surface area contributed by atoms with Gasteiger partial charge in [0.2, 0.25) is 5.88 Å². The van der Waals surface area contributed by atoms with E-state index in [0.29, 0.717) is 25.6 Å². The van der Waals surface area contributed by atoms with Crippen LogP contribution in [-0.2, 0) is 20.1 Å². The van der Waals surface area contributed by atoms with Crippen molar-refractivity contribution in [2.75, 3.05) is 13.7 Å². The number of aromatic nitrogens is 3. The molecule has 0 radical (unpaired) electrons. The Kier molecular flexibility index (Phi) is 6.17. The third kappa shape index (κ3) is 4.24. The number of ether oxygens (including phenoxy) is 1. The van der Waals surface area contributed by atoms with Gasteiger partial charge in [-0.1, -0.05) is 6.07 Å². The highest BCUT2D eigenvalue weighted by molar-refractivity contribution is 5.79. The lowest BCUT2D eigenvalue weighted by atomic mass is 10.2. The van der Waals surface area contributed by atoms with Crippen LogP contribution in [0.15, 0.2) is 23.3 Å². The van der Waals surface area contributed by atoms with Crippen molar-refractivity contribution in [1.82, 2.24) is 25.4 Å². The minimum Gasteiger partial charge on any atom is -0.478 e. The summed E-state index contributed by atoms with van der Waals surface area (Å²) in [5.41, 5.74) is 4.37. The number of nitrogens with one attached hydrogen (secondary N) is 2. The van der Waals surface area contributed by atoms with Crippen molar-refractivity contribution in [3.8, 4) is 5.88 Å². The van der Waals surface area contributed by atoms with Crippen LogP contribution in [0.25, 0.3) is 0 Å². The first-order valence-electron chi connectivity index (χ1n) is 8.07. The van der Waals surface area contributed by atoms with Gasteiger partial charge in [-0.2, -0.15) is 5.10 Å². The SMILES string of the molecule is CCOc1ncccc1CNC(=NC)NCc1c(C)nn(C)c1C. The lowest BCUT2D eigenvalue weighted by Gasteiger charge is -2.14. The minimum absolute atomic E-state index is 0.591. The number of pyridine rings is 1. The smallest absolute Gasteiger partial charge is 0.218 e. The summed E-state index contributed by atoms with van der Waals surface area (Å²) < 4.78 is 7.44. The van der Waals surface area contributed by atoms with E-state index in [1.807, 2.05) is 37.7 Å². The number of nitrogens with zero attached hydrogens (tertiary/aromatic N) is 4. The molecule has 2 aromatic heterocycles. The number of hydrogen-bond donors (Lipinski definition) is 2. The van der Waals surface area contributed by atoms with Crippen LogP contribution < -0.4 is 15.4 Å². The van der Waals surface area contributed by atoms with E-state index in [-0.39, 0.29) is 0 Å². The molecule has 0 bridgehead atoms. The minimum atomic E-state index is 0.591. The predicted molar refractivity (Wildman–Crippen MR) is 95.1 cm³/mol. The molecule has 0 unspecified atom stereocenters. The van der Waals surface area contributed by atoms with E-state index in [1.165, 1.54) is 5.56 Å². The summed E-state index contributed by atoms with van der Waals surface area (Å²) in [5.74, 6) is 1.38. The summed E-state index contributed by atoms with van der Waals surface area (Å²) in [5, 5.41) is 11.1. The van der Waals surface area contributed by atoms with Crippen molar-refractivity contribution in [3.05, 3.63) is 40.8 Å². The zero-order valence-corrected chi connectivity index (χ0v) is 15.1. The highest BCUT2D eigenvalue weighted by Gasteiger charge is 2.10. The van der Waals surface area contributed by atoms with Gasteiger partial charge in [-0.25, -0.2) is 4.98 Å². The molecule has 0 aromatic carbocycles. The topological polar surface area (TPSA) is 76.4 Å². The van der Waals surface area contributed by atoms with Crippen molar-refractivity contribution < 1.29 is 4.74 Å². The highest BCUT2D eigenvalue weighted by atomic mass is 16.5. The van der Waals surface area contributed by atoms with Gasteiger partial charge < -0.3 is 15.4 Å². The highest BCUT2D eigenvalue weighted by Crippen LogP contribution is 2.14. The zero-order chi connectivity index (χ0) is 17.5. The van der Waals surface area contributed by atoms with Gasteiger partial charge in [0.05, 0.1) is 12.3 Å². The van der Waals surface area contributed by atoms with E-state index < -0.39 is 0 Å². The monoisotopic (exact) mass is 330 g/mol. The molecule has 2 aromatic rings. The second-order valence-corrected chi connectivity index (χ2v) is 5.45. The summed E-state index contributed by atoms with van der Waals surface area (Å²) in [6, 6.07) is 3.89. The van der Waals surface area contributed by atoms with Crippen LogP contribution in [0.4, 0.5) is 0 Å². The maximum absolute atomic E-state index is 5.54. The van der Waals surface area contributed by atoms with Crippen LogP contribution in [0.2, 0.25) is 0 Å². The number of aliphatic imine (C=N–C) groups is 1. The summed E-state index contributed by atoms with van der Waals surface area (Å²) >= 11 is 0. The Hall–Kier alpha value is -2.57. The van der Waals surface area contributed by atoms with Crippen LogP contribution >= 0.6 is 0 Å². The van der Waals surface area contributed by atoms with E-state index in [4.69, 9.17) is 4.74 Å². The molecule has 0 spiro atoms. The molecule has 2 heterocycles. The summed E-state index contributed by atoms with van der Waals surface area (Å²) in [6.07, 6.45) is 1.73. The van der Waals surface area contributed by atoms with Crippen molar-refractivity contribution >= 4 is 5.96 Å². The van der Waals surface area contributed by atoms with E-state index in [0.717, 1.165) is 22.9 Å².